The Kier molecular flexibility index (Phi) is 3.93. The molecule has 0 spiro atoms. The summed E-state index contributed by atoms with van der Waals surface area (Å²) >= 11 is 0. The predicted molar refractivity (Wildman–Crippen MR) is 58.3 cm³/mol. The lowest BCUT2D eigenvalue weighted by molar-refractivity contribution is 0.0994. The molecule has 0 aliphatic carbocycles. The number of halogens is 5. The molecule has 7 heteroatoms. The molecular weight excluding hydrogens is 269 g/mol. The van der Waals surface area contributed by atoms with E-state index in [1.807, 2.05) is 0 Å². The molecule has 1 heterocycles. The highest BCUT2D eigenvalue weighted by Gasteiger charge is 2.29. The Balaban J connectivity index is 2.29. The van der Waals surface area contributed by atoms with Crippen molar-refractivity contribution in [1.29, 1.82) is 0 Å². The lowest BCUT2D eigenvalue weighted by Crippen LogP contribution is -2.31. The van der Waals surface area contributed by atoms with Crippen LogP contribution in [0.2, 0.25) is 0 Å². The summed E-state index contributed by atoms with van der Waals surface area (Å²) in [5.74, 6) is -9.80. The smallest absolute Gasteiger partial charge is 0.200 e. The van der Waals surface area contributed by atoms with E-state index in [0.717, 1.165) is 6.42 Å². The summed E-state index contributed by atoms with van der Waals surface area (Å²) in [5, 5.41) is 2.31. The topological polar surface area (TPSA) is 21.3 Å². The van der Waals surface area contributed by atoms with Crippen LogP contribution in [0.4, 0.5) is 27.6 Å². The maximum Gasteiger partial charge on any atom is 0.200 e. The van der Waals surface area contributed by atoms with Gasteiger partial charge in [0.15, 0.2) is 23.3 Å². The van der Waals surface area contributed by atoms with Crippen molar-refractivity contribution in [2.75, 3.05) is 11.9 Å². The van der Waals surface area contributed by atoms with Gasteiger partial charge in [-0.2, -0.15) is 0 Å². The molecule has 0 radical (unpaired) electrons. The van der Waals surface area contributed by atoms with Crippen LogP contribution in [0.1, 0.15) is 19.8 Å². The van der Waals surface area contributed by atoms with Crippen molar-refractivity contribution >= 4 is 5.69 Å². The normalized spacial score (nSPS) is 20.6. The van der Waals surface area contributed by atoms with Gasteiger partial charge in [0.2, 0.25) is 5.82 Å². The number of benzene rings is 1. The first kappa shape index (κ1) is 14.0. The first-order valence-corrected chi connectivity index (χ1v) is 5.83. The monoisotopic (exact) mass is 281 g/mol. The van der Waals surface area contributed by atoms with Crippen molar-refractivity contribution in [3.8, 4) is 0 Å². The van der Waals surface area contributed by atoms with Gasteiger partial charge in [-0.15, -0.1) is 0 Å². The second-order valence-electron chi connectivity index (χ2n) is 4.43. The highest BCUT2D eigenvalue weighted by molar-refractivity contribution is 5.48. The maximum atomic E-state index is 13.4. The standard InChI is InChI=1S/C12H12F5NO/c1-5(6-3-2-4-19-6)18-12-10(16)8(14)7(13)9(15)11(12)17/h5-6,18H,2-4H2,1H3. The average molecular weight is 281 g/mol. The molecule has 0 bridgehead atoms. The molecule has 19 heavy (non-hydrogen) atoms. The van der Waals surface area contributed by atoms with Crippen LogP contribution in [0.25, 0.3) is 0 Å². The Bertz CT molecular complexity index is 458. The fourth-order valence-corrected chi connectivity index (χ4v) is 2.05. The fourth-order valence-electron chi connectivity index (χ4n) is 2.05. The molecule has 106 valence electrons. The van der Waals surface area contributed by atoms with E-state index >= 15 is 0 Å². The number of anilines is 1. The molecule has 0 aromatic heterocycles. The van der Waals surface area contributed by atoms with Gasteiger partial charge in [0.05, 0.1) is 6.10 Å². The lowest BCUT2D eigenvalue weighted by Gasteiger charge is -2.22. The zero-order valence-corrected chi connectivity index (χ0v) is 10.1. The highest BCUT2D eigenvalue weighted by atomic mass is 19.2. The fraction of sp³-hybridized carbons (Fsp3) is 0.500. The third kappa shape index (κ3) is 2.51. The Labute approximate surface area is 106 Å². The first-order valence-electron chi connectivity index (χ1n) is 5.83. The van der Waals surface area contributed by atoms with Crippen LogP contribution in [0, 0.1) is 29.1 Å². The van der Waals surface area contributed by atoms with Gasteiger partial charge in [-0.25, -0.2) is 22.0 Å². The summed E-state index contributed by atoms with van der Waals surface area (Å²) in [6, 6.07) is -0.559. The van der Waals surface area contributed by atoms with E-state index in [2.05, 4.69) is 5.32 Å². The molecule has 1 aromatic carbocycles. The summed E-state index contributed by atoms with van der Waals surface area (Å²) in [6.45, 7) is 2.09. The Morgan fingerprint density at radius 1 is 1.00 bits per heavy atom. The van der Waals surface area contributed by atoms with E-state index < -0.39 is 40.8 Å². The lowest BCUT2D eigenvalue weighted by atomic mass is 10.1. The predicted octanol–water partition coefficient (Wildman–Crippen LogP) is 3.36. The minimum atomic E-state index is -2.16. The van der Waals surface area contributed by atoms with Crippen LogP contribution in [-0.2, 0) is 4.74 Å². The molecule has 2 nitrogen and oxygen atoms in total. The van der Waals surface area contributed by atoms with Crippen molar-refractivity contribution in [2.45, 2.75) is 31.9 Å². The SMILES string of the molecule is CC(Nc1c(F)c(F)c(F)c(F)c1F)C1CCCO1. The van der Waals surface area contributed by atoms with Gasteiger partial charge in [-0.05, 0) is 19.8 Å². The number of rotatable bonds is 3. The molecular formula is C12H12F5NO. The molecule has 2 rings (SSSR count). The molecule has 1 saturated heterocycles. The van der Waals surface area contributed by atoms with Gasteiger partial charge < -0.3 is 10.1 Å². The van der Waals surface area contributed by atoms with Crippen LogP contribution in [-0.4, -0.2) is 18.8 Å². The molecule has 2 unspecified atom stereocenters. The highest BCUT2D eigenvalue weighted by Crippen LogP contribution is 2.29. The van der Waals surface area contributed by atoms with Gasteiger partial charge in [0.1, 0.15) is 5.69 Å². The van der Waals surface area contributed by atoms with Gasteiger partial charge in [0.25, 0.3) is 0 Å². The zero-order chi connectivity index (χ0) is 14.2. The molecule has 0 amide bonds. The Morgan fingerprint density at radius 3 is 2.00 bits per heavy atom. The van der Waals surface area contributed by atoms with Crippen LogP contribution in [0.3, 0.4) is 0 Å². The van der Waals surface area contributed by atoms with Crippen molar-refractivity contribution in [2.24, 2.45) is 0 Å². The van der Waals surface area contributed by atoms with Gasteiger partial charge in [-0.3, -0.25) is 0 Å². The number of ether oxygens (including phenoxy) is 1. The van der Waals surface area contributed by atoms with Gasteiger partial charge >= 0.3 is 0 Å². The summed E-state index contributed by atoms with van der Waals surface area (Å²) in [4.78, 5) is 0. The third-order valence-electron chi connectivity index (χ3n) is 3.10. The van der Waals surface area contributed by atoms with Crippen molar-refractivity contribution < 1.29 is 26.7 Å². The second kappa shape index (κ2) is 5.32. The zero-order valence-electron chi connectivity index (χ0n) is 10.1. The van der Waals surface area contributed by atoms with E-state index in [1.165, 1.54) is 0 Å². The minimum Gasteiger partial charge on any atom is -0.376 e. The van der Waals surface area contributed by atoms with Crippen molar-refractivity contribution in [1.82, 2.24) is 0 Å². The van der Waals surface area contributed by atoms with Gasteiger partial charge in [0, 0.05) is 12.6 Å². The number of nitrogens with one attached hydrogen (secondary N) is 1. The van der Waals surface area contributed by atoms with E-state index in [4.69, 9.17) is 4.74 Å². The van der Waals surface area contributed by atoms with Crippen molar-refractivity contribution in [3.05, 3.63) is 29.1 Å². The second-order valence-corrected chi connectivity index (χ2v) is 4.43. The van der Waals surface area contributed by atoms with Gasteiger partial charge in [-0.1, -0.05) is 0 Å². The Hall–Kier alpha value is -1.37. The van der Waals surface area contributed by atoms with Crippen LogP contribution < -0.4 is 5.32 Å². The molecule has 2 atom stereocenters. The largest absolute Gasteiger partial charge is 0.376 e. The van der Waals surface area contributed by atoms with E-state index in [1.54, 1.807) is 6.92 Å². The molecule has 1 aliphatic rings. The molecule has 1 fully saturated rings. The molecule has 1 N–H and O–H groups in total. The minimum absolute atomic E-state index is 0.310. The maximum absolute atomic E-state index is 13.4. The quantitative estimate of drug-likeness (QED) is 0.521. The summed E-state index contributed by atoms with van der Waals surface area (Å²) in [6.07, 6.45) is 1.16. The first-order chi connectivity index (χ1) is 8.93. The van der Waals surface area contributed by atoms with E-state index in [9.17, 15) is 22.0 Å². The Morgan fingerprint density at radius 2 is 1.53 bits per heavy atom. The summed E-state index contributed by atoms with van der Waals surface area (Å²) in [5.41, 5.74) is -1.01. The average Bonchev–Trinajstić information content (AvgIpc) is 2.93. The summed E-state index contributed by atoms with van der Waals surface area (Å²) in [7, 11) is 0. The van der Waals surface area contributed by atoms with Crippen molar-refractivity contribution in [3.63, 3.8) is 0 Å². The molecule has 1 aromatic rings. The van der Waals surface area contributed by atoms with Crippen LogP contribution >= 0.6 is 0 Å². The number of hydrogen-bond acceptors (Lipinski definition) is 2. The molecule has 1 aliphatic heterocycles. The van der Waals surface area contributed by atoms with Crippen LogP contribution in [0.15, 0.2) is 0 Å². The third-order valence-corrected chi connectivity index (χ3v) is 3.10. The van der Waals surface area contributed by atoms with Crippen LogP contribution in [0.5, 0.6) is 0 Å². The summed E-state index contributed by atoms with van der Waals surface area (Å²) < 4.78 is 71.0. The van der Waals surface area contributed by atoms with E-state index in [-0.39, 0.29) is 6.10 Å². The van der Waals surface area contributed by atoms with E-state index in [0.29, 0.717) is 13.0 Å². The number of hydrogen-bond donors (Lipinski definition) is 1. The molecule has 0 saturated carbocycles.